The number of aryl methyl sites for hydroxylation is 1. The van der Waals surface area contributed by atoms with Crippen LogP contribution in [-0.4, -0.2) is 10.8 Å². The van der Waals surface area contributed by atoms with Crippen molar-refractivity contribution in [2.24, 2.45) is 0 Å². The summed E-state index contributed by atoms with van der Waals surface area (Å²) in [6.45, 7) is 1.59. The molecule has 0 radical (unpaired) electrons. The lowest BCUT2D eigenvalue weighted by Gasteiger charge is -2.06. The summed E-state index contributed by atoms with van der Waals surface area (Å²) in [5, 5.41) is 0.752. The quantitative estimate of drug-likeness (QED) is 0.539. The minimum atomic E-state index is -0.527. The first kappa shape index (κ1) is 13.8. The molecule has 0 aliphatic heterocycles. The maximum atomic E-state index is 14.2. The molecule has 0 fully saturated rings. The van der Waals surface area contributed by atoms with Gasteiger partial charge in [-0.3, -0.25) is 4.79 Å². The zero-order chi connectivity index (χ0) is 15.1. The van der Waals surface area contributed by atoms with Gasteiger partial charge < -0.3 is 10.7 Å². The van der Waals surface area contributed by atoms with E-state index in [9.17, 15) is 9.18 Å². The fraction of sp³-hybridized carbons (Fsp3) is 0.0625. The van der Waals surface area contributed by atoms with Crippen LogP contribution in [0.25, 0.3) is 10.9 Å². The van der Waals surface area contributed by atoms with Gasteiger partial charge in [-0.2, -0.15) is 0 Å². The summed E-state index contributed by atoms with van der Waals surface area (Å²) in [7, 11) is 0. The van der Waals surface area contributed by atoms with Crippen LogP contribution in [0.1, 0.15) is 21.5 Å². The van der Waals surface area contributed by atoms with Gasteiger partial charge in [-0.1, -0.05) is 22.0 Å². The van der Waals surface area contributed by atoms with E-state index in [2.05, 4.69) is 20.9 Å². The molecule has 0 unspecified atom stereocenters. The number of aromatic nitrogens is 1. The van der Waals surface area contributed by atoms with Crippen LogP contribution in [0.4, 0.5) is 10.1 Å². The topological polar surface area (TPSA) is 58.9 Å². The van der Waals surface area contributed by atoms with Crippen molar-refractivity contribution in [3.05, 3.63) is 63.5 Å². The second-order valence-corrected chi connectivity index (χ2v) is 5.84. The minimum absolute atomic E-state index is 0.00341. The molecule has 0 amide bonds. The van der Waals surface area contributed by atoms with Crippen molar-refractivity contribution in [3.8, 4) is 0 Å². The van der Waals surface area contributed by atoms with Crippen molar-refractivity contribution in [1.82, 2.24) is 4.98 Å². The molecule has 2 aromatic carbocycles. The molecule has 3 aromatic rings. The number of nitrogens with two attached hydrogens (primary N) is 1. The number of benzene rings is 2. The summed E-state index contributed by atoms with van der Waals surface area (Å²) < 4.78 is 15.1. The Kier molecular flexibility index (Phi) is 3.29. The summed E-state index contributed by atoms with van der Waals surface area (Å²) in [4.78, 5) is 15.6. The predicted octanol–water partition coefficient (Wildman–Crippen LogP) is 4.19. The standard InChI is InChI=1S/C16H12BrFN2O/c1-8-4-10(19)6-12(15(8)18)16(21)13-7-20-14-5-9(17)2-3-11(13)14/h2-7,20H,19H2,1H3. The molecule has 0 bridgehead atoms. The van der Waals surface area contributed by atoms with Crippen LogP contribution in [-0.2, 0) is 0 Å². The van der Waals surface area contributed by atoms with E-state index in [4.69, 9.17) is 5.73 Å². The van der Waals surface area contributed by atoms with Crippen LogP contribution in [0, 0.1) is 12.7 Å². The van der Waals surface area contributed by atoms with Crippen molar-refractivity contribution < 1.29 is 9.18 Å². The van der Waals surface area contributed by atoms with E-state index >= 15 is 0 Å². The highest BCUT2D eigenvalue weighted by molar-refractivity contribution is 9.10. The number of carbonyl (C=O) groups is 1. The number of nitrogen functional groups attached to an aromatic ring is 1. The number of rotatable bonds is 2. The highest BCUT2D eigenvalue weighted by Gasteiger charge is 2.19. The first-order valence-corrected chi connectivity index (χ1v) is 7.13. The molecule has 0 saturated heterocycles. The first-order valence-electron chi connectivity index (χ1n) is 6.34. The van der Waals surface area contributed by atoms with Gasteiger partial charge in [0.25, 0.3) is 0 Å². The van der Waals surface area contributed by atoms with Gasteiger partial charge in [-0.25, -0.2) is 4.39 Å². The van der Waals surface area contributed by atoms with Gasteiger partial charge in [-0.05, 0) is 36.8 Å². The Labute approximate surface area is 129 Å². The molecular weight excluding hydrogens is 335 g/mol. The number of halogens is 2. The summed E-state index contributed by atoms with van der Waals surface area (Å²) in [6.07, 6.45) is 1.59. The van der Waals surface area contributed by atoms with Crippen LogP contribution in [0.3, 0.4) is 0 Å². The van der Waals surface area contributed by atoms with Crippen molar-refractivity contribution >= 4 is 38.3 Å². The van der Waals surface area contributed by atoms with Crippen LogP contribution in [0.2, 0.25) is 0 Å². The third-order valence-corrected chi connectivity index (χ3v) is 3.90. The molecular formula is C16H12BrFN2O. The molecule has 21 heavy (non-hydrogen) atoms. The number of fused-ring (bicyclic) bond motifs is 1. The molecule has 0 spiro atoms. The number of aromatic amines is 1. The molecule has 1 heterocycles. The van der Waals surface area contributed by atoms with Gasteiger partial charge in [0.2, 0.25) is 0 Å². The Balaban J connectivity index is 2.17. The average molecular weight is 347 g/mol. The van der Waals surface area contributed by atoms with E-state index in [0.29, 0.717) is 16.8 Å². The second kappa shape index (κ2) is 5.00. The number of nitrogens with one attached hydrogen (secondary N) is 1. The van der Waals surface area contributed by atoms with Crippen molar-refractivity contribution in [1.29, 1.82) is 0 Å². The first-order chi connectivity index (χ1) is 9.97. The Morgan fingerprint density at radius 2 is 2.00 bits per heavy atom. The molecule has 1 aromatic heterocycles. The lowest BCUT2D eigenvalue weighted by Crippen LogP contribution is -2.06. The third kappa shape index (κ3) is 2.34. The molecule has 0 saturated carbocycles. The van der Waals surface area contributed by atoms with Gasteiger partial charge >= 0.3 is 0 Å². The zero-order valence-electron chi connectivity index (χ0n) is 11.2. The Hall–Kier alpha value is -2.14. The highest BCUT2D eigenvalue weighted by Crippen LogP contribution is 2.26. The fourth-order valence-electron chi connectivity index (χ4n) is 2.39. The van der Waals surface area contributed by atoms with Crippen molar-refractivity contribution in [3.63, 3.8) is 0 Å². The second-order valence-electron chi connectivity index (χ2n) is 4.92. The van der Waals surface area contributed by atoms with Crippen LogP contribution < -0.4 is 5.73 Å². The monoisotopic (exact) mass is 346 g/mol. The lowest BCUT2D eigenvalue weighted by molar-refractivity contribution is 0.103. The Bertz CT molecular complexity index is 870. The Morgan fingerprint density at radius 1 is 1.24 bits per heavy atom. The SMILES string of the molecule is Cc1cc(N)cc(C(=O)c2c[nH]c3cc(Br)ccc23)c1F. The summed E-state index contributed by atoms with van der Waals surface area (Å²) >= 11 is 3.37. The van der Waals surface area contributed by atoms with E-state index in [1.165, 1.54) is 12.1 Å². The van der Waals surface area contributed by atoms with E-state index in [-0.39, 0.29) is 11.3 Å². The predicted molar refractivity (Wildman–Crippen MR) is 85.0 cm³/mol. The number of carbonyl (C=O) groups excluding carboxylic acids is 1. The molecule has 106 valence electrons. The number of anilines is 1. The average Bonchev–Trinajstić information content (AvgIpc) is 2.84. The van der Waals surface area contributed by atoms with Gasteiger partial charge in [0.1, 0.15) is 5.82 Å². The number of H-pyrrole nitrogens is 1. The molecule has 0 aliphatic rings. The normalized spacial score (nSPS) is 11.0. The van der Waals surface area contributed by atoms with Crippen molar-refractivity contribution in [2.45, 2.75) is 6.92 Å². The molecule has 0 aliphatic carbocycles. The third-order valence-electron chi connectivity index (χ3n) is 3.41. The lowest BCUT2D eigenvalue weighted by atomic mass is 9.99. The maximum Gasteiger partial charge on any atom is 0.198 e. The minimum Gasteiger partial charge on any atom is -0.399 e. The highest BCUT2D eigenvalue weighted by atomic mass is 79.9. The van der Waals surface area contributed by atoms with Gasteiger partial charge in [0, 0.05) is 32.8 Å². The summed E-state index contributed by atoms with van der Waals surface area (Å²) in [5.74, 6) is -0.905. The molecule has 5 heteroatoms. The molecule has 3 N–H and O–H groups in total. The maximum absolute atomic E-state index is 14.2. The number of hydrogen-bond acceptors (Lipinski definition) is 2. The molecule has 3 rings (SSSR count). The zero-order valence-corrected chi connectivity index (χ0v) is 12.8. The molecule has 0 atom stereocenters. The van der Waals surface area contributed by atoms with E-state index in [1.807, 2.05) is 18.2 Å². The van der Waals surface area contributed by atoms with E-state index < -0.39 is 5.82 Å². The van der Waals surface area contributed by atoms with Crippen LogP contribution in [0.15, 0.2) is 41.0 Å². The van der Waals surface area contributed by atoms with Crippen molar-refractivity contribution in [2.75, 3.05) is 5.73 Å². The number of ketones is 1. The van der Waals surface area contributed by atoms with E-state index in [1.54, 1.807) is 13.1 Å². The fourth-order valence-corrected chi connectivity index (χ4v) is 2.76. The number of hydrogen-bond donors (Lipinski definition) is 2. The van der Waals surface area contributed by atoms with Gasteiger partial charge in [0.05, 0.1) is 5.56 Å². The van der Waals surface area contributed by atoms with Gasteiger partial charge in [0.15, 0.2) is 5.78 Å². The van der Waals surface area contributed by atoms with Crippen LogP contribution in [0.5, 0.6) is 0 Å². The summed E-state index contributed by atoms with van der Waals surface area (Å²) in [6, 6.07) is 8.42. The smallest absolute Gasteiger partial charge is 0.198 e. The Morgan fingerprint density at radius 3 is 2.76 bits per heavy atom. The largest absolute Gasteiger partial charge is 0.399 e. The van der Waals surface area contributed by atoms with Crippen LogP contribution >= 0.6 is 15.9 Å². The molecule has 3 nitrogen and oxygen atoms in total. The summed E-state index contributed by atoms with van der Waals surface area (Å²) in [5.41, 5.74) is 7.70. The van der Waals surface area contributed by atoms with Gasteiger partial charge in [-0.15, -0.1) is 0 Å². The van der Waals surface area contributed by atoms with E-state index in [0.717, 1.165) is 15.4 Å².